The Balaban J connectivity index is 2.13. The quantitative estimate of drug-likeness (QED) is 0.826. The average Bonchev–Trinajstić information content (AvgIpc) is 2.89. The molecule has 1 heterocycles. The highest BCUT2D eigenvalue weighted by Gasteiger charge is 2.17. The van der Waals surface area contributed by atoms with Crippen LogP contribution in [0.3, 0.4) is 0 Å². The molecule has 0 radical (unpaired) electrons. The fraction of sp³-hybridized carbons (Fsp3) is 0.154. The van der Waals surface area contributed by atoms with Gasteiger partial charge >= 0.3 is 5.97 Å². The van der Waals surface area contributed by atoms with E-state index < -0.39 is 18.0 Å². The van der Waals surface area contributed by atoms with Crippen LogP contribution in [0.2, 0.25) is 0 Å². The SMILES string of the molecule is C[C@@H](OC(=O)c1cnn(-c2ccccc2)c1)C(N)=O. The third-order valence-electron chi connectivity index (χ3n) is 2.52. The number of rotatable bonds is 4. The molecule has 2 aromatic rings. The molecule has 6 heteroatoms. The molecule has 0 saturated heterocycles. The number of carbonyl (C=O) groups excluding carboxylic acids is 2. The molecule has 1 atom stereocenters. The lowest BCUT2D eigenvalue weighted by Crippen LogP contribution is -2.30. The fourth-order valence-corrected chi connectivity index (χ4v) is 1.44. The molecule has 1 amide bonds. The lowest BCUT2D eigenvalue weighted by atomic mass is 10.3. The molecule has 2 rings (SSSR count). The predicted molar refractivity (Wildman–Crippen MR) is 67.6 cm³/mol. The van der Waals surface area contributed by atoms with Crippen LogP contribution in [0.15, 0.2) is 42.7 Å². The molecule has 0 aliphatic rings. The molecule has 0 saturated carbocycles. The minimum absolute atomic E-state index is 0.261. The van der Waals surface area contributed by atoms with Crippen molar-refractivity contribution in [1.29, 1.82) is 0 Å². The summed E-state index contributed by atoms with van der Waals surface area (Å²) in [5.41, 5.74) is 6.11. The lowest BCUT2D eigenvalue weighted by Gasteiger charge is -2.07. The maximum absolute atomic E-state index is 11.7. The number of esters is 1. The second-order valence-electron chi connectivity index (χ2n) is 3.96. The molecular formula is C13H13N3O3. The number of aromatic nitrogens is 2. The van der Waals surface area contributed by atoms with Crippen LogP contribution in [0.4, 0.5) is 0 Å². The minimum atomic E-state index is -0.965. The van der Waals surface area contributed by atoms with E-state index in [0.717, 1.165) is 5.69 Å². The first kappa shape index (κ1) is 12.8. The molecule has 19 heavy (non-hydrogen) atoms. The maximum atomic E-state index is 11.7. The first-order chi connectivity index (χ1) is 9.08. The van der Waals surface area contributed by atoms with Crippen molar-refractivity contribution in [2.45, 2.75) is 13.0 Å². The Hall–Kier alpha value is -2.63. The van der Waals surface area contributed by atoms with E-state index in [0.29, 0.717) is 0 Å². The Bertz CT molecular complexity index is 592. The summed E-state index contributed by atoms with van der Waals surface area (Å²) in [6.07, 6.45) is 1.95. The van der Waals surface area contributed by atoms with Crippen LogP contribution in [0.1, 0.15) is 17.3 Å². The van der Waals surface area contributed by atoms with Gasteiger partial charge in [-0.15, -0.1) is 0 Å². The Morgan fingerprint density at radius 3 is 2.63 bits per heavy atom. The summed E-state index contributed by atoms with van der Waals surface area (Å²) in [6, 6.07) is 9.33. The van der Waals surface area contributed by atoms with Crippen LogP contribution in [0.25, 0.3) is 5.69 Å². The van der Waals surface area contributed by atoms with E-state index in [1.54, 1.807) is 4.68 Å². The van der Waals surface area contributed by atoms with Crippen LogP contribution in [-0.2, 0) is 9.53 Å². The molecule has 0 spiro atoms. The van der Waals surface area contributed by atoms with Crippen molar-refractivity contribution in [3.63, 3.8) is 0 Å². The summed E-state index contributed by atoms with van der Waals surface area (Å²) < 4.78 is 6.43. The molecular weight excluding hydrogens is 246 g/mol. The normalized spacial score (nSPS) is 11.8. The van der Waals surface area contributed by atoms with Gasteiger partial charge in [0.1, 0.15) is 0 Å². The Morgan fingerprint density at radius 2 is 2.00 bits per heavy atom. The molecule has 1 aromatic carbocycles. The largest absolute Gasteiger partial charge is 0.449 e. The zero-order chi connectivity index (χ0) is 13.8. The molecule has 0 unspecified atom stereocenters. The molecule has 0 aliphatic heterocycles. The fourth-order valence-electron chi connectivity index (χ4n) is 1.44. The third kappa shape index (κ3) is 2.98. The second-order valence-corrected chi connectivity index (χ2v) is 3.96. The van der Waals surface area contributed by atoms with Gasteiger partial charge in [0.15, 0.2) is 6.10 Å². The molecule has 0 fully saturated rings. The number of benzene rings is 1. The van der Waals surface area contributed by atoms with Gasteiger partial charge in [-0.05, 0) is 19.1 Å². The third-order valence-corrected chi connectivity index (χ3v) is 2.52. The first-order valence-electron chi connectivity index (χ1n) is 5.68. The second kappa shape index (κ2) is 5.34. The van der Waals surface area contributed by atoms with Gasteiger partial charge < -0.3 is 10.5 Å². The van der Waals surface area contributed by atoms with E-state index >= 15 is 0 Å². The summed E-state index contributed by atoms with van der Waals surface area (Å²) in [5.74, 6) is -1.32. The van der Waals surface area contributed by atoms with Gasteiger partial charge in [0.2, 0.25) is 0 Å². The summed E-state index contributed by atoms with van der Waals surface area (Å²) in [4.78, 5) is 22.5. The van der Waals surface area contributed by atoms with Crippen molar-refractivity contribution in [3.8, 4) is 5.69 Å². The van der Waals surface area contributed by atoms with Crippen molar-refractivity contribution in [2.24, 2.45) is 5.73 Å². The number of primary amides is 1. The number of hydrogen-bond acceptors (Lipinski definition) is 4. The number of carbonyl (C=O) groups is 2. The summed E-state index contributed by atoms with van der Waals surface area (Å²) in [6.45, 7) is 1.42. The molecule has 98 valence electrons. The standard InChI is InChI=1S/C13H13N3O3/c1-9(12(14)17)19-13(18)10-7-15-16(8-10)11-5-3-2-4-6-11/h2-9H,1H3,(H2,14,17)/t9-/m1/s1. The predicted octanol–water partition coefficient (Wildman–Crippen LogP) is 0.903. The van der Waals surface area contributed by atoms with Gasteiger partial charge in [0.25, 0.3) is 5.91 Å². The number of amides is 1. The van der Waals surface area contributed by atoms with Crippen molar-refractivity contribution in [1.82, 2.24) is 9.78 Å². The molecule has 0 aliphatic carbocycles. The van der Waals surface area contributed by atoms with Crippen molar-refractivity contribution < 1.29 is 14.3 Å². The van der Waals surface area contributed by atoms with Crippen LogP contribution in [-0.4, -0.2) is 27.8 Å². The highest BCUT2D eigenvalue weighted by atomic mass is 16.5. The van der Waals surface area contributed by atoms with E-state index in [9.17, 15) is 9.59 Å². The Labute approximate surface area is 109 Å². The van der Waals surface area contributed by atoms with Gasteiger partial charge in [-0.3, -0.25) is 4.79 Å². The van der Waals surface area contributed by atoms with E-state index in [1.165, 1.54) is 19.3 Å². The topological polar surface area (TPSA) is 87.2 Å². The molecule has 2 N–H and O–H groups in total. The number of ether oxygens (including phenoxy) is 1. The smallest absolute Gasteiger partial charge is 0.342 e. The summed E-state index contributed by atoms with van der Waals surface area (Å²) in [5, 5.41) is 4.06. The highest BCUT2D eigenvalue weighted by molar-refractivity contribution is 5.91. The maximum Gasteiger partial charge on any atom is 0.342 e. The van der Waals surface area contributed by atoms with E-state index in [-0.39, 0.29) is 5.56 Å². The van der Waals surface area contributed by atoms with Gasteiger partial charge in [-0.1, -0.05) is 18.2 Å². The van der Waals surface area contributed by atoms with Crippen LogP contribution < -0.4 is 5.73 Å². The number of nitrogens with two attached hydrogens (primary N) is 1. The molecule has 1 aromatic heterocycles. The zero-order valence-corrected chi connectivity index (χ0v) is 10.3. The first-order valence-corrected chi connectivity index (χ1v) is 5.68. The van der Waals surface area contributed by atoms with Gasteiger partial charge in [0, 0.05) is 6.20 Å². The van der Waals surface area contributed by atoms with E-state index in [2.05, 4.69) is 5.10 Å². The van der Waals surface area contributed by atoms with Crippen LogP contribution in [0.5, 0.6) is 0 Å². The Kier molecular flexibility index (Phi) is 3.61. The van der Waals surface area contributed by atoms with Crippen LogP contribution >= 0.6 is 0 Å². The van der Waals surface area contributed by atoms with E-state index in [1.807, 2.05) is 30.3 Å². The van der Waals surface area contributed by atoms with Crippen molar-refractivity contribution >= 4 is 11.9 Å². The lowest BCUT2D eigenvalue weighted by molar-refractivity contribution is -0.125. The van der Waals surface area contributed by atoms with Crippen molar-refractivity contribution in [3.05, 3.63) is 48.3 Å². The monoisotopic (exact) mass is 259 g/mol. The minimum Gasteiger partial charge on any atom is -0.449 e. The van der Waals surface area contributed by atoms with Crippen molar-refractivity contribution in [2.75, 3.05) is 0 Å². The zero-order valence-electron chi connectivity index (χ0n) is 10.3. The number of para-hydroxylation sites is 1. The number of hydrogen-bond donors (Lipinski definition) is 1. The number of nitrogens with zero attached hydrogens (tertiary/aromatic N) is 2. The van der Waals surface area contributed by atoms with Gasteiger partial charge in [0.05, 0.1) is 17.4 Å². The summed E-state index contributed by atoms with van der Waals surface area (Å²) in [7, 11) is 0. The van der Waals surface area contributed by atoms with Crippen LogP contribution in [0, 0.1) is 0 Å². The van der Waals surface area contributed by atoms with Gasteiger partial charge in [-0.25, -0.2) is 9.48 Å². The summed E-state index contributed by atoms with van der Waals surface area (Å²) >= 11 is 0. The van der Waals surface area contributed by atoms with E-state index in [4.69, 9.17) is 10.5 Å². The average molecular weight is 259 g/mol. The van der Waals surface area contributed by atoms with Gasteiger partial charge in [-0.2, -0.15) is 5.10 Å². The molecule has 6 nitrogen and oxygen atoms in total. The highest BCUT2D eigenvalue weighted by Crippen LogP contribution is 2.09. The Morgan fingerprint density at radius 1 is 1.32 bits per heavy atom. The molecule has 0 bridgehead atoms.